The number of likely N-dealkylation sites (tertiary alicyclic amines) is 1. The molecule has 2 fully saturated rings. The van der Waals surface area contributed by atoms with Gasteiger partial charge in [-0.25, -0.2) is 36.3 Å². The third-order valence-electron chi connectivity index (χ3n) is 7.83. The summed E-state index contributed by atoms with van der Waals surface area (Å²) in [6, 6.07) is 2.85. The Labute approximate surface area is 232 Å². The number of hydrogen-bond acceptors (Lipinski definition) is 8. The number of sulfonamides is 1. The van der Waals surface area contributed by atoms with Crippen LogP contribution in [0.3, 0.4) is 0 Å². The molecule has 0 aliphatic carbocycles. The van der Waals surface area contributed by atoms with Gasteiger partial charge in [-0.1, -0.05) is 0 Å². The van der Waals surface area contributed by atoms with Gasteiger partial charge in [-0.3, -0.25) is 0 Å². The van der Waals surface area contributed by atoms with Gasteiger partial charge in [0.15, 0.2) is 17.4 Å². The van der Waals surface area contributed by atoms with E-state index in [0.29, 0.717) is 44.8 Å². The maximum atomic E-state index is 15.0. The minimum absolute atomic E-state index is 0.0406. The second kappa shape index (κ2) is 11.3. The number of fused-ring (bicyclic) bond motifs is 1. The Bertz CT molecular complexity index is 1360. The van der Waals surface area contributed by atoms with Crippen molar-refractivity contribution in [3.8, 4) is 17.0 Å². The normalized spacial score (nSPS) is 19.4. The lowest BCUT2D eigenvalue weighted by molar-refractivity contribution is 0.135. The second-order valence-electron chi connectivity index (χ2n) is 10.7. The van der Waals surface area contributed by atoms with E-state index >= 15 is 0 Å². The lowest BCUT2D eigenvalue weighted by Gasteiger charge is -2.36. The summed E-state index contributed by atoms with van der Waals surface area (Å²) < 4.78 is 63.1. The summed E-state index contributed by atoms with van der Waals surface area (Å²) >= 11 is 0. The molecule has 1 aromatic carbocycles. The molecule has 0 unspecified atom stereocenters. The van der Waals surface area contributed by atoms with E-state index in [-0.39, 0.29) is 61.0 Å². The van der Waals surface area contributed by atoms with Crippen molar-refractivity contribution in [3.63, 3.8) is 0 Å². The van der Waals surface area contributed by atoms with E-state index in [2.05, 4.69) is 15.3 Å². The number of aromatic nitrogens is 2. The van der Waals surface area contributed by atoms with Crippen molar-refractivity contribution < 1.29 is 31.8 Å². The zero-order valence-corrected chi connectivity index (χ0v) is 23.3. The quantitative estimate of drug-likeness (QED) is 0.529. The molecule has 2 saturated heterocycles. The molecule has 2 aromatic rings. The third-order valence-corrected chi connectivity index (χ3v) is 10.2. The summed E-state index contributed by atoms with van der Waals surface area (Å²) in [5.74, 6) is -0.959. The van der Waals surface area contributed by atoms with Crippen LogP contribution in [0.25, 0.3) is 11.3 Å². The molecule has 1 aromatic heterocycles. The van der Waals surface area contributed by atoms with Crippen LogP contribution in [0.4, 0.5) is 25.2 Å². The molecule has 0 spiro atoms. The number of carbonyl (C=O) groups is 1. The highest BCUT2D eigenvalue weighted by Crippen LogP contribution is 2.39. The Morgan fingerprint density at radius 2 is 1.77 bits per heavy atom. The fourth-order valence-corrected chi connectivity index (χ4v) is 7.55. The highest BCUT2D eigenvalue weighted by Gasteiger charge is 2.37. The van der Waals surface area contributed by atoms with Crippen LogP contribution < -0.4 is 15.0 Å². The fourth-order valence-electron chi connectivity index (χ4n) is 5.61. The van der Waals surface area contributed by atoms with Gasteiger partial charge < -0.3 is 25.0 Å². The number of hydrogen-bond donors (Lipinski definition) is 2. The second-order valence-corrected chi connectivity index (χ2v) is 12.9. The van der Waals surface area contributed by atoms with Crippen LogP contribution in [0.1, 0.15) is 39.5 Å². The Balaban J connectivity index is 1.26. The molecule has 0 atom stereocenters. The highest BCUT2D eigenvalue weighted by molar-refractivity contribution is 7.89. The van der Waals surface area contributed by atoms with Gasteiger partial charge in [0.05, 0.1) is 23.7 Å². The summed E-state index contributed by atoms with van der Waals surface area (Å²) in [7, 11) is -3.55. The minimum atomic E-state index is -3.55. The standard InChI is InChI=1S/C26H34F2N6O5S/c1-16(2)34-11-12-39-24-20(27)13-17(14-22(24)34)23-21(28)15-29-25(31-23)30-18-3-9-33(10-4-18)40(37,38)19-5-7-32(8-6-19)26(35)36/h13-16,18-19H,3-12H2,1-2H3,(H,35,36)(H,29,30,31). The number of nitrogens with zero attached hydrogens (tertiary/aromatic N) is 5. The van der Waals surface area contributed by atoms with Crippen LogP contribution in [0.5, 0.6) is 5.75 Å². The lowest BCUT2D eigenvalue weighted by Crippen LogP contribution is -2.49. The molecule has 3 aliphatic rings. The predicted molar refractivity (Wildman–Crippen MR) is 145 cm³/mol. The SMILES string of the molecule is CC(C)N1CCOc2c(F)cc(-c3nc(NC4CCN(S(=O)(=O)C5CCN(C(=O)O)CC5)CC4)ncc3F)cc21. The summed E-state index contributed by atoms with van der Waals surface area (Å²) in [6.45, 7) is 5.94. The molecule has 218 valence electrons. The van der Waals surface area contributed by atoms with Crippen LogP contribution in [-0.4, -0.2) is 95.5 Å². The Morgan fingerprint density at radius 3 is 2.42 bits per heavy atom. The van der Waals surface area contributed by atoms with Gasteiger partial charge in [0, 0.05) is 43.8 Å². The van der Waals surface area contributed by atoms with Crippen LogP contribution in [0.2, 0.25) is 0 Å². The first-order valence-corrected chi connectivity index (χ1v) is 15.0. The monoisotopic (exact) mass is 580 g/mol. The molecule has 40 heavy (non-hydrogen) atoms. The number of piperidine rings is 2. The van der Waals surface area contributed by atoms with E-state index in [1.807, 2.05) is 18.7 Å². The third kappa shape index (κ3) is 5.64. The van der Waals surface area contributed by atoms with Crippen molar-refractivity contribution in [2.45, 2.75) is 56.9 Å². The fraction of sp³-hybridized carbons (Fsp3) is 0.577. The Hall–Kier alpha value is -3.26. The summed E-state index contributed by atoms with van der Waals surface area (Å²) in [6.07, 6.45) is 1.57. The number of carboxylic acid groups (broad SMARTS) is 1. The van der Waals surface area contributed by atoms with Gasteiger partial charge in [0.2, 0.25) is 16.0 Å². The van der Waals surface area contributed by atoms with E-state index in [1.54, 1.807) is 6.07 Å². The molecule has 11 nitrogen and oxygen atoms in total. The zero-order valence-electron chi connectivity index (χ0n) is 22.5. The first-order valence-electron chi connectivity index (χ1n) is 13.5. The van der Waals surface area contributed by atoms with Gasteiger partial charge in [0.25, 0.3) is 0 Å². The average molecular weight is 581 g/mol. The van der Waals surface area contributed by atoms with Gasteiger partial charge >= 0.3 is 6.09 Å². The Morgan fingerprint density at radius 1 is 1.07 bits per heavy atom. The topological polar surface area (TPSA) is 128 Å². The number of halogens is 2. The molecular formula is C26H34F2N6O5S. The maximum absolute atomic E-state index is 15.0. The van der Waals surface area contributed by atoms with E-state index in [0.717, 1.165) is 6.20 Å². The van der Waals surface area contributed by atoms with Crippen LogP contribution in [0.15, 0.2) is 18.3 Å². The number of ether oxygens (including phenoxy) is 1. The smallest absolute Gasteiger partial charge is 0.407 e. The Kier molecular flexibility index (Phi) is 8.00. The largest absolute Gasteiger partial charge is 0.486 e. The maximum Gasteiger partial charge on any atom is 0.407 e. The number of amides is 1. The van der Waals surface area contributed by atoms with Crippen LogP contribution in [0, 0.1) is 11.6 Å². The van der Waals surface area contributed by atoms with Crippen molar-refractivity contribution >= 4 is 27.8 Å². The number of rotatable bonds is 6. The molecule has 0 radical (unpaired) electrons. The molecule has 2 N–H and O–H groups in total. The van der Waals surface area contributed by atoms with Gasteiger partial charge in [-0.2, -0.15) is 0 Å². The average Bonchev–Trinajstić information content (AvgIpc) is 2.94. The van der Waals surface area contributed by atoms with Crippen molar-refractivity contribution in [2.24, 2.45) is 0 Å². The molecule has 4 heterocycles. The highest BCUT2D eigenvalue weighted by atomic mass is 32.2. The number of nitrogens with one attached hydrogen (secondary N) is 1. The predicted octanol–water partition coefficient (Wildman–Crippen LogP) is 3.38. The molecule has 0 saturated carbocycles. The molecule has 0 bridgehead atoms. The molecule has 1 amide bonds. The summed E-state index contributed by atoms with van der Waals surface area (Å²) in [5, 5.41) is 11.7. The molecule has 5 rings (SSSR count). The molecular weight excluding hydrogens is 546 g/mol. The van der Waals surface area contributed by atoms with Gasteiger partial charge in [-0.15, -0.1) is 0 Å². The van der Waals surface area contributed by atoms with Crippen LogP contribution >= 0.6 is 0 Å². The van der Waals surface area contributed by atoms with Crippen molar-refractivity contribution in [1.29, 1.82) is 0 Å². The van der Waals surface area contributed by atoms with E-state index in [4.69, 9.17) is 9.84 Å². The van der Waals surface area contributed by atoms with Crippen molar-refractivity contribution in [3.05, 3.63) is 30.0 Å². The molecule has 3 aliphatic heterocycles. The van der Waals surface area contributed by atoms with Gasteiger partial charge in [-0.05, 0) is 51.7 Å². The van der Waals surface area contributed by atoms with Crippen molar-refractivity contribution in [2.75, 3.05) is 49.5 Å². The molecule has 14 heteroatoms. The lowest BCUT2D eigenvalue weighted by atomic mass is 10.1. The van der Waals surface area contributed by atoms with Gasteiger partial charge in [0.1, 0.15) is 12.3 Å². The first-order chi connectivity index (χ1) is 19.0. The van der Waals surface area contributed by atoms with E-state index < -0.39 is 33.0 Å². The summed E-state index contributed by atoms with van der Waals surface area (Å²) in [5.41, 5.74) is 0.775. The van der Waals surface area contributed by atoms with Crippen molar-refractivity contribution in [1.82, 2.24) is 19.2 Å². The zero-order chi connectivity index (χ0) is 28.6. The van der Waals surface area contributed by atoms with E-state index in [9.17, 15) is 22.0 Å². The number of anilines is 2. The van der Waals surface area contributed by atoms with E-state index in [1.165, 1.54) is 15.3 Å². The minimum Gasteiger partial charge on any atom is -0.486 e. The first kappa shape index (κ1) is 28.3. The van der Waals surface area contributed by atoms with Crippen LogP contribution in [-0.2, 0) is 10.0 Å². The number of benzene rings is 1. The summed E-state index contributed by atoms with van der Waals surface area (Å²) in [4.78, 5) is 22.8.